The predicted octanol–water partition coefficient (Wildman–Crippen LogP) is 2.64. The average Bonchev–Trinajstić information content (AvgIpc) is 3.06. The first kappa shape index (κ1) is 17.7. The molecule has 4 heterocycles. The van der Waals surface area contributed by atoms with Crippen LogP contribution in [0.3, 0.4) is 0 Å². The highest BCUT2D eigenvalue weighted by Crippen LogP contribution is 2.35. The summed E-state index contributed by atoms with van der Waals surface area (Å²) >= 11 is 12.4. The van der Waals surface area contributed by atoms with Crippen molar-refractivity contribution in [1.29, 1.82) is 0 Å². The zero-order chi connectivity index (χ0) is 19.4. The van der Waals surface area contributed by atoms with E-state index in [2.05, 4.69) is 15.0 Å². The van der Waals surface area contributed by atoms with Gasteiger partial charge in [0.05, 0.1) is 39.7 Å². The molecule has 3 aromatic rings. The Bertz CT molecular complexity index is 1080. The van der Waals surface area contributed by atoms with Gasteiger partial charge in [-0.05, 0) is 6.07 Å². The van der Waals surface area contributed by atoms with Crippen LogP contribution < -0.4 is 4.90 Å². The molecule has 2 aliphatic heterocycles. The summed E-state index contributed by atoms with van der Waals surface area (Å²) in [5.41, 5.74) is 3.76. The second-order valence-corrected chi connectivity index (χ2v) is 7.95. The SMILES string of the molecule is O=C(c1ncc(N2CC(O)C2)cn1)N1CCc2[nH]c3c(Cl)c(Cl)ccc3c2C1. The first-order valence-corrected chi connectivity index (χ1v) is 9.78. The third-order valence-electron chi connectivity index (χ3n) is 5.38. The third kappa shape index (κ3) is 2.82. The molecule has 0 radical (unpaired) electrons. The number of benzene rings is 1. The van der Waals surface area contributed by atoms with Crippen molar-refractivity contribution in [3.63, 3.8) is 0 Å². The van der Waals surface area contributed by atoms with E-state index in [0.717, 1.165) is 27.8 Å². The second kappa shape index (κ2) is 6.62. The summed E-state index contributed by atoms with van der Waals surface area (Å²) in [6.07, 6.45) is 3.67. The monoisotopic (exact) mass is 417 g/mol. The van der Waals surface area contributed by atoms with E-state index in [1.54, 1.807) is 23.4 Å². The van der Waals surface area contributed by atoms with Gasteiger partial charge in [0, 0.05) is 49.2 Å². The quantitative estimate of drug-likeness (QED) is 0.669. The molecule has 0 bridgehead atoms. The number of hydrogen-bond donors (Lipinski definition) is 2. The molecular weight excluding hydrogens is 401 g/mol. The van der Waals surface area contributed by atoms with Crippen molar-refractivity contribution in [1.82, 2.24) is 19.9 Å². The molecule has 7 nitrogen and oxygen atoms in total. The summed E-state index contributed by atoms with van der Waals surface area (Å²) in [5.74, 6) is -0.0237. The number of carbonyl (C=O) groups excluding carboxylic acids is 1. The molecule has 9 heteroatoms. The van der Waals surface area contributed by atoms with Crippen LogP contribution in [0.15, 0.2) is 24.5 Å². The van der Waals surface area contributed by atoms with E-state index in [-0.39, 0.29) is 17.8 Å². The van der Waals surface area contributed by atoms with E-state index in [9.17, 15) is 9.90 Å². The van der Waals surface area contributed by atoms with Crippen molar-refractivity contribution in [3.05, 3.63) is 51.7 Å². The number of nitrogens with one attached hydrogen (secondary N) is 1. The van der Waals surface area contributed by atoms with Gasteiger partial charge in [-0.3, -0.25) is 4.79 Å². The van der Waals surface area contributed by atoms with Gasteiger partial charge in [-0.2, -0.15) is 0 Å². The molecule has 0 saturated carbocycles. The van der Waals surface area contributed by atoms with Crippen LogP contribution in [-0.2, 0) is 13.0 Å². The Labute approximate surface area is 170 Å². The number of fused-ring (bicyclic) bond motifs is 3. The molecule has 1 fully saturated rings. The number of amides is 1. The van der Waals surface area contributed by atoms with Crippen LogP contribution in [0.4, 0.5) is 5.69 Å². The van der Waals surface area contributed by atoms with Gasteiger partial charge in [-0.15, -0.1) is 0 Å². The van der Waals surface area contributed by atoms with Gasteiger partial charge < -0.3 is 19.9 Å². The molecular formula is C19H17Cl2N5O2. The molecule has 5 rings (SSSR count). The van der Waals surface area contributed by atoms with Gasteiger partial charge >= 0.3 is 0 Å². The van der Waals surface area contributed by atoms with Crippen LogP contribution >= 0.6 is 23.2 Å². The molecule has 0 unspecified atom stereocenters. The van der Waals surface area contributed by atoms with E-state index < -0.39 is 0 Å². The topological polar surface area (TPSA) is 85.3 Å². The second-order valence-electron chi connectivity index (χ2n) is 7.17. The fourth-order valence-electron chi connectivity index (χ4n) is 3.80. The van der Waals surface area contributed by atoms with E-state index in [4.69, 9.17) is 23.2 Å². The van der Waals surface area contributed by atoms with Crippen LogP contribution in [0.1, 0.15) is 21.9 Å². The molecule has 2 N–H and O–H groups in total. The molecule has 2 aromatic heterocycles. The normalized spacial score (nSPS) is 17.0. The Balaban J connectivity index is 1.38. The van der Waals surface area contributed by atoms with Gasteiger partial charge in [0.1, 0.15) is 0 Å². The molecule has 144 valence electrons. The highest BCUT2D eigenvalue weighted by molar-refractivity contribution is 6.45. The van der Waals surface area contributed by atoms with Gasteiger partial charge in [0.15, 0.2) is 0 Å². The predicted molar refractivity (Wildman–Crippen MR) is 107 cm³/mol. The van der Waals surface area contributed by atoms with Gasteiger partial charge in [0.25, 0.3) is 5.91 Å². The van der Waals surface area contributed by atoms with Crippen molar-refractivity contribution in [2.75, 3.05) is 24.5 Å². The Kier molecular flexibility index (Phi) is 4.19. The lowest BCUT2D eigenvalue weighted by molar-refractivity contribution is 0.0722. The molecule has 28 heavy (non-hydrogen) atoms. The number of aromatic amines is 1. The summed E-state index contributed by atoms with van der Waals surface area (Å²) in [4.78, 5) is 28.4. The van der Waals surface area contributed by atoms with Gasteiger partial charge in [0.2, 0.25) is 5.82 Å². The van der Waals surface area contributed by atoms with Crippen LogP contribution in [-0.4, -0.2) is 56.6 Å². The van der Waals surface area contributed by atoms with Gasteiger partial charge in [-0.25, -0.2) is 9.97 Å². The molecule has 1 aromatic carbocycles. The van der Waals surface area contributed by atoms with Crippen molar-refractivity contribution in [2.45, 2.75) is 19.1 Å². The molecule has 2 aliphatic rings. The average molecular weight is 418 g/mol. The Morgan fingerprint density at radius 2 is 1.96 bits per heavy atom. The number of H-pyrrole nitrogens is 1. The van der Waals surface area contributed by atoms with E-state index in [1.807, 2.05) is 11.0 Å². The Morgan fingerprint density at radius 3 is 2.68 bits per heavy atom. The van der Waals surface area contributed by atoms with Crippen LogP contribution in [0.25, 0.3) is 10.9 Å². The van der Waals surface area contributed by atoms with Crippen LogP contribution in [0.5, 0.6) is 0 Å². The molecule has 0 atom stereocenters. The minimum Gasteiger partial charge on any atom is -0.389 e. The number of aliphatic hydroxyl groups is 1. The smallest absolute Gasteiger partial charge is 0.291 e. The lowest BCUT2D eigenvalue weighted by Crippen LogP contribution is -2.51. The first-order valence-electron chi connectivity index (χ1n) is 9.03. The summed E-state index contributed by atoms with van der Waals surface area (Å²) in [6, 6.07) is 3.70. The minimum absolute atomic E-state index is 0.175. The fourth-order valence-corrected chi connectivity index (χ4v) is 4.17. The van der Waals surface area contributed by atoms with Gasteiger partial charge in [-0.1, -0.05) is 29.3 Å². The number of rotatable bonds is 2. The number of anilines is 1. The maximum absolute atomic E-state index is 12.9. The number of carbonyl (C=O) groups is 1. The van der Waals surface area contributed by atoms with Crippen LogP contribution in [0.2, 0.25) is 10.0 Å². The fraction of sp³-hybridized carbons (Fsp3) is 0.316. The molecule has 1 saturated heterocycles. The van der Waals surface area contributed by atoms with E-state index in [0.29, 0.717) is 42.6 Å². The van der Waals surface area contributed by atoms with E-state index >= 15 is 0 Å². The summed E-state index contributed by atoms with van der Waals surface area (Å²) < 4.78 is 0. The number of aromatic nitrogens is 3. The molecule has 0 aliphatic carbocycles. The number of aliphatic hydroxyl groups excluding tert-OH is 1. The van der Waals surface area contributed by atoms with Crippen molar-refractivity contribution in [2.24, 2.45) is 0 Å². The highest BCUT2D eigenvalue weighted by Gasteiger charge is 2.28. The lowest BCUT2D eigenvalue weighted by Gasteiger charge is -2.37. The van der Waals surface area contributed by atoms with E-state index in [1.165, 1.54) is 0 Å². The van der Waals surface area contributed by atoms with Crippen molar-refractivity contribution >= 4 is 45.7 Å². The van der Waals surface area contributed by atoms with Crippen molar-refractivity contribution in [3.8, 4) is 0 Å². The maximum atomic E-state index is 12.9. The number of halogens is 2. The number of nitrogens with zero attached hydrogens (tertiary/aromatic N) is 4. The number of β-amino-alcohol motifs (C(OH)–C–C–N with tert-alkyl or cyclic N) is 1. The third-order valence-corrected chi connectivity index (χ3v) is 6.19. The minimum atomic E-state index is -0.302. The largest absolute Gasteiger partial charge is 0.389 e. The maximum Gasteiger partial charge on any atom is 0.291 e. The molecule has 0 spiro atoms. The summed E-state index contributed by atoms with van der Waals surface area (Å²) in [6.45, 7) is 2.18. The lowest BCUT2D eigenvalue weighted by atomic mass is 10.0. The summed E-state index contributed by atoms with van der Waals surface area (Å²) in [7, 11) is 0. The molecule has 1 amide bonds. The Hall–Kier alpha value is -2.35. The zero-order valence-corrected chi connectivity index (χ0v) is 16.3. The Morgan fingerprint density at radius 1 is 1.21 bits per heavy atom. The van der Waals surface area contributed by atoms with Crippen LogP contribution in [0, 0.1) is 0 Å². The highest BCUT2D eigenvalue weighted by atomic mass is 35.5. The number of hydrogen-bond acceptors (Lipinski definition) is 5. The summed E-state index contributed by atoms with van der Waals surface area (Å²) in [5, 5.41) is 11.4. The zero-order valence-electron chi connectivity index (χ0n) is 14.8. The first-order chi connectivity index (χ1) is 13.5. The standard InChI is InChI=1S/C19H17Cl2N5O2/c20-14-2-1-12-13-9-25(4-3-15(13)24-17(12)16(14)21)19(28)18-22-5-10(6-23-18)26-7-11(27)8-26/h1-2,5-6,11,24,27H,3-4,7-9H2. The van der Waals surface area contributed by atoms with Crippen molar-refractivity contribution < 1.29 is 9.90 Å².